The molecule has 1 N–H and O–H groups in total. The van der Waals surface area contributed by atoms with Crippen molar-refractivity contribution in [2.75, 3.05) is 5.32 Å². The van der Waals surface area contributed by atoms with E-state index in [2.05, 4.69) is 10.3 Å². The first kappa shape index (κ1) is 15.1. The van der Waals surface area contributed by atoms with Crippen LogP contribution in [0.4, 0.5) is 18.9 Å². The fourth-order valence-electron chi connectivity index (χ4n) is 2.22. The number of amides is 1. The Hall–Kier alpha value is -2.83. The lowest BCUT2D eigenvalue weighted by Gasteiger charge is -2.13. The summed E-state index contributed by atoms with van der Waals surface area (Å²) in [6.45, 7) is 1.67. The largest absolute Gasteiger partial charge is 0.441 e. The lowest BCUT2D eigenvalue weighted by molar-refractivity contribution is -0.136. The van der Waals surface area contributed by atoms with Gasteiger partial charge in [0, 0.05) is 12.5 Å². The van der Waals surface area contributed by atoms with Crippen LogP contribution in [0.5, 0.6) is 0 Å². The molecule has 1 heterocycles. The highest BCUT2D eigenvalue weighted by Crippen LogP contribution is 2.34. The molecule has 3 aromatic rings. The molecule has 1 aromatic heterocycles. The number of aromatic nitrogens is 1. The number of nitrogens with zero attached hydrogens (tertiary/aromatic N) is 1. The Kier molecular flexibility index (Phi) is 3.55. The van der Waals surface area contributed by atoms with E-state index in [1.165, 1.54) is 30.3 Å². The molecule has 2 aromatic carbocycles. The van der Waals surface area contributed by atoms with E-state index in [-0.39, 0.29) is 11.3 Å². The van der Waals surface area contributed by atoms with Gasteiger partial charge >= 0.3 is 6.18 Å². The molecule has 3 rings (SSSR count). The van der Waals surface area contributed by atoms with Crippen molar-refractivity contribution in [2.45, 2.75) is 13.1 Å². The fraction of sp³-hybridized carbons (Fsp3) is 0.125. The molecule has 0 unspecified atom stereocenters. The number of hydrogen-bond donors (Lipinski definition) is 1. The number of aryl methyl sites for hydroxylation is 1. The van der Waals surface area contributed by atoms with Gasteiger partial charge in [-0.05, 0) is 30.3 Å². The van der Waals surface area contributed by atoms with Gasteiger partial charge in [0.05, 0.1) is 11.3 Å². The topological polar surface area (TPSA) is 55.1 Å². The van der Waals surface area contributed by atoms with Gasteiger partial charge in [0.1, 0.15) is 5.52 Å². The zero-order valence-electron chi connectivity index (χ0n) is 11.9. The van der Waals surface area contributed by atoms with Crippen LogP contribution in [0.3, 0.4) is 0 Å². The van der Waals surface area contributed by atoms with Crippen LogP contribution in [-0.4, -0.2) is 10.9 Å². The quantitative estimate of drug-likeness (QED) is 0.761. The fourth-order valence-corrected chi connectivity index (χ4v) is 2.22. The van der Waals surface area contributed by atoms with Crippen molar-refractivity contribution in [3.63, 3.8) is 0 Å². The molecule has 0 bridgehead atoms. The summed E-state index contributed by atoms with van der Waals surface area (Å²) in [5.74, 6) is -0.204. The molecule has 0 saturated heterocycles. The van der Waals surface area contributed by atoms with Crippen LogP contribution >= 0.6 is 0 Å². The molecule has 0 fully saturated rings. The van der Waals surface area contributed by atoms with Crippen molar-refractivity contribution in [1.29, 1.82) is 0 Å². The standard InChI is InChI=1S/C16H11F3N2O2/c1-9-20-13-8-10(6-7-14(13)23-9)15(22)21-12-5-3-2-4-11(12)16(17,18)19/h2-8H,1H3,(H,21,22). The molecule has 0 aliphatic carbocycles. The Morgan fingerprint density at radius 3 is 2.65 bits per heavy atom. The zero-order valence-corrected chi connectivity index (χ0v) is 11.9. The lowest BCUT2D eigenvalue weighted by atomic mass is 10.1. The van der Waals surface area contributed by atoms with Gasteiger partial charge in [-0.25, -0.2) is 4.98 Å². The maximum absolute atomic E-state index is 12.9. The van der Waals surface area contributed by atoms with E-state index in [4.69, 9.17) is 4.42 Å². The molecule has 7 heteroatoms. The summed E-state index contributed by atoms with van der Waals surface area (Å²) in [5, 5.41) is 2.29. The van der Waals surface area contributed by atoms with E-state index < -0.39 is 17.6 Å². The van der Waals surface area contributed by atoms with Gasteiger partial charge < -0.3 is 9.73 Å². The van der Waals surface area contributed by atoms with Gasteiger partial charge in [0.15, 0.2) is 11.5 Å². The van der Waals surface area contributed by atoms with E-state index in [0.29, 0.717) is 17.0 Å². The predicted octanol–water partition coefficient (Wildman–Crippen LogP) is 4.41. The highest BCUT2D eigenvalue weighted by Gasteiger charge is 2.33. The molecule has 0 radical (unpaired) electrons. The first-order chi connectivity index (χ1) is 10.8. The van der Waals surface area contributed by atoms with Gasteiger partial charge in [0.25, 0.3) is 5.91 Å². The highest BCUT2D eigenvalue weighted by molar-refractivity contribution is 6.06. The average molecular weight is 320 g/mol. The monoisotopic (exact) mass is 320 g/mol. The Balaban J connectivity index is 1.92. The zero-order chi connectivity index (χ0) is 16.6. The smallest absolute Gasteiger partial charge is 0.418 e. The second-order valence-corrected chi connectivity index (χ2v) is 4.91. The summed E-state index contributed by atoms with van der Waals surface area (Å²) in [6.07, 6.45) is -4.54. The van der Waals surface area contributed by atoms with Crippen LogP contribution in [0.1, 0.15) is 21.8 Å². The van der Waals surface area contributed by atoms with Gasteiger partial charge in [0.2, 0.25) is 0 Å². The van der Waals surface area contributed by atoms with E-state index >= 15 is 0 Å². The van der Waals surface area contributed by atoms with Crippen LogP contribution in [0.2, 0.25) is 0 Å². The van der Waals surface area contributed by atoms with Crippen LogP contribution in [-0.2, 0) is 6.18 Å². The number of carbonyl (C=O) groups is 1. The van der Waals surface area contributed by atoms with E-state index in [0.717, 1.165) is 6.07 Å². The lowest BCUT2D eigenvalue weighted by Crippen LogP contribution is -2.16. The molecular formula is C16H11F3N2O2. The highest BCUT2D eigenvalue weighted by atomic mass is 19.4. The summed E-state index contributed by atoms with van der Waals surface area (Å²) in [4.78, 5) is 16.3. The molecule has 0 saturated carbocycles. The number of nitrogens with one attached hydrogen (secondary N) is 1. The van der Waals surface area contributed by atoms with Gasteiger partial charge in [-0.3, -0.25) is 4.79 Å². The summed E-state index contributed by atoms with van der Waals surface area (Å²) < 4.78 is 44.1. The van der Waals surface area contributed by atoms with Crippen molar-refractivity contribution in [3.8, 4) is 0 Å². The number of alkyl halides is 3. The minimum Gasteiger partial charge on any atom is -0.441 e. The number of hydrogen-bond acceptors (Lipinski definition) is 3. The van der Waals surface area contributed by atoms with E-state index in [1.807, 2.05) is 0 Å². The Bertz CT molecular complexity index is 884. The second-order valence-electron chi connectivity index (χ2n) is 4.91. The molecule has 0 atom stereocenters. The second kappa shape index (κ2) is 5.42. The number of fused-ring (bicyclic) bond motifs is 1. The Morgan fingerprint density at radius 2 is 1.91 bits per heavy atom. The number of para-hydroxylation sites is 1. The minimum absolute atomic E-state index is 0.197. The van der Waals surface area contributed by atoms with Crippen LogP contribution in [0, 0.1) is 6.92 Å². The first-order valence-electron chi connectivity index (χ1n) is 6.69. The minimum atomic E-state index is -4.54. The molecule has 1 amide bonds. The summed E-state index contributed by atoms with van der Waals surface area (Å²) >= 11 is 0. The van der Waals surface area contributed by atoms with Crippen molar-refractivity contribution in [2.24, 2.45) is 0 Å². The van der Waals surface area contributed by atoms with Crippen LogP contribution < -0.4 is 5.32 Å². The van der Waals surface area contributed by atoms with Crippen molar-refractivity contribution in [3.05, 3.63) is 59.5 Å². The molecule has 0 aliphatic rings. The van der Waals surface area contributed by atoms with Crippen LogP contribution in [0.25, 0.3) is 11.1 Å². The maximum atomic E-state index is 12.9. The third-order valence-corrected chi connectivity index (χ3v) is 3.24. The number of benzene rings is 2. The average Bonchev–Trinajstić information content (AvgIpc) is 2.85. The SMILES string of the molecule is Cc1nc2cc(C(=O)Nc3ccccc3C(F)(F)F)ccc2o1. The molecule has 118 valence electrons. The third kappa shape index (κ3) is 3.03. The van der Waals surface area contributed by atoms with Crippen molar-refractivity contribution < 1.29 is 22.4 Å². The van der Waals surface area contributed by atoms with E-state index in [1.54, 1.807) is 13.0 Å². The number of carbonyl (C=O) groups excluding carboxylic acids is 1. The molecule has 0 aliphatic heterocycles. The molecular weight excluding hydrogens is 309 g/mol. The number of oxazole rings is 1. The number of rotatable bonds is 2. The summed E-state index contributed by atoms with van der Waals surface area (Å²) in [5.41, 5.74) is -0.00934. The Morgan fingerprint density at radius 1 is 1.17 bits per heavy atom. The van der Waals surface area contributed by atoms with Gasteiger partial charge in [-0.1, -0.05) is 12.1 Å². The van der Waals surface area contributed by atoms with E-state index in [9.17, 15) is 18.0 Å². The first-order valence-corrected chi connectivity index (χ1v) is 6.69. The van der Waals surface area contributed by atoms with Crippen molar-refractivity contribution in [1.82, 2.24) is 4.98 Å². The molecule has 0 spiro atoms. The molecule has 23 heavy (non-hydrogen) atoms. The van der Waals surface area contributed by atoms with Crippen LogP contribution in [0.15, 0.2) is 46.9 Å². The number of anilines is 1. The third-order valence-electron chi connectivity index (χ3n) is 3.24. The molecule has 4 nitrogen and oxygen atoms in total. The van der Waals surface area contributed by atoms with Gasteiger partial charge in [-0.15, -0.1) is 0 Å². The summed E-state index contributed by atoms with van der Waals surface area (Å²) in [6, 6.07) is 9.31. The summed E-state index contributed by atoms with van der Waals surface area (Å²) in [7, 11) is 0. The number of halogens is 3. The van der Waals surface area contributed by atoms with Crippen molar-refractivity contribution >= 4 is 22.7 Å². The maximum Gasteiger partial charge on any atom is 0.418 e. The normalized spacial score (nSPS) is 11.7. The predicted molar refractivity (Wildman–Crippen MR) is 78.1 cm³/mol. The Labute approximate surface area is 128 Å². The van der Waals surface area contributed by atoms with Gasteiger partial charge in [-0.2, -0.15) is 13.2 Å².